The third-order valence-corrected chi connectivity index (χ3v) is 3.97. The Morgan fingerprint density at radius 1 is 1.25 bits per heavy atom. The van der Waals surface area contributed by atoms with E-state index in [1.54, 1.807) is 5.32 Å². The quantitative estimate of drug-likeness (QED) is 0.819. The number of rotatable bonds is 2. The van der Waals surface area contributed by atoms with E-state index >= 15 is 0 Å². The maximum Gasteiger partial charge on any atom is 0.422 e. The number of carboxylic acid groups (broad SMARTS) is 1. The van der Waals surface area contributed by atoms with Crippen molar-refractivity contribution in [2.45, 2.75) is 38.9 Å². The molecule has 116 valence electrons. The van der Waals surface area contributed by atoms with Gasteiger partial charge in [-0.3, -0.25) is 0 Å². The molecule has 0 aromatic heterocycles. The maximum atomic E-state index is 12.8. The largest absolute Gasteiger partial charge is 0.479 e. The fraction of sp³-hybridized carbons (Fsp3) is 0.833. The summed E-state index contributed by atoms with van der Waals surface area (Å²) in [6.45, 7) is 5.01. The highest BCUT2D eigenvalue weighted by Crippen LogP contribution is 2.31. The minimum atomic E-state index is -5.07. The van der Waals surface area contributed by atoms with Crippen LogP contribution in [0.5, 0.6) is 0 Å². The number of nitrogens with zero attached hydrogens (tertiary/aromatic N) is 1. The number of urea groups is 1. The van der Waals surface area contributed by atoms with Crippen LogP contribution in [0.15, 0.2) is 0 Å². The summed E-state index contributed by atoms with van der Waals surface area (Å²) < 4.78 is 38.4. The number of aliphatic carboxylic acids is 1. The standard InChI is InChI=1S/C12H19F3N2O3/c1-7-4-5-17(6-8(7)2)10(20)16-11(3,9(18)19)12(13,14)15/h7-8H,4-6H2,1-3H3,(H,16,20)(H,18,19). The van der Waals surface area contributed by atoms with Crippen LogP contribution in [0.25, 0.3) is 0 Å². The van der Waals surface area contributed by atoms with Crippen LogP contribution in [0.1, 0.15) is 27.2 Å². The number of carbonyl (C=O) groups excluding carboxylic acids is 1. The van der Waals surface area contributed by atoms with Gasteiger partial charge in [0.15, 0.2) is 0 Å². The summed E-state index contributed by atoms with van der Waals surface area (Å²) in [4.78, 5) is 24.0. The molecule has 0 aliphatic carbocycles. The van der Waals surface area contributed by atoms with Crippen molar-refractivity contribution in [3.05, 3.63) is 0 Å². The van der Waals surface area contributed by atoms with Crippen molar-refractivity contribution >= 4 is 12.0 Å². The van der Waals surface area contributed by atoms with E-state index in [-0.39, 0.29) is 5.92 Å². The van der Waals surface area contributed by atoms with E-state index in [0.717, 1.165) is 0 Å². The minimum absolute atomic E-state index is 0.163. The molecule has 0 spiro atoms. The SMILES string of the molecule is CC1CCN(C(=O)NC(C)(C(=O)O)C(F)(F)F)CC1C. The average Bonchev–Trinajstić information content (AvgIpc) is 2.30. The van der Waals surface area contributed by atoms with Gasteiger partial charge in [-0.05, 0) is 25.2 Å². The molecule has 1 aliphatic rings. The van der Waals surface area contributed by atoms with Gasteiger partial charge in [0.05, 0.1) is 0 Å². The highest BCUT2D eigenvalue weighted by molar-refractivity contribution is 5.86. The van der Waals surface area contributed by atoms with E-state index in [1.165, 1.54) is 4.90 Å². The van der Waals surface area contributed by atoms with E-state index in [9.17, 15) is 22.8 Å². The number of amides is 2. The number of nitrogens with one attached hydrogen (secondary N) is 1. The van der Waals surface area contributed by atoms with Crippen LogP contribution in [0.3, 0.4) is 0 Å². The number of piperidine rings is 1. The lowest BCUT2D eigenvalue weighted by Crippen LogP contribution is -2.64. The number of alkyl halides is 3. The Hall–Kier alpha value is -1.47. The summed E-state index contributed by atoms with van der Waals surface area (Å²) in [7, 11) is 0. The lowest BCUT2D eigenvalue weighted by Gasteiger charge is -2.37. The Balaban J connectivity index is 2.81. The number of hydrogen-bond acceptors (Lipinski definition) is 2. The van der Waals surface area contributed by atoms with Crippen LogP contribution in [-0.4, -0.2) is 46.8 Å². The van der Waals surface area contributed by atoms with Crippen molar-refractivity contribution in [1.82, 2.24) is 10.2 Å². The number of likely N-dealkylation sites (tertiary alicyclic amines) is 1. The third-order valence-electron chi connectivity index (χ3n) is 3.97. The van der Waals surface area contributed by atoms with E-state index in [2.05, 4.69) is 0 Å². The van der Waals surface area contributed by atoms with Crippen molar-refractivity contribution in [1.29, 1.82) is 0 Å². The zero-order valence-corrected chi connectivity index (χ0v) is 11.6. The Morgan fingerprint density at radius 2 is 1.80 bits per heavy atom. The third kappa shape index (κ3) is 3.16. The molecule has 5 nitrogen and oxygen atoms in total. The van der Waals surface area contributed by atoms with Gasteiger partial charge in [-0.2, -0.15) is 13.2 Å². The van der Waals surface area contributed by atoms with E-state index < -0.39 is 23.7 Å². The fourth-order valence-electron chi connectivity index (χ4n) is 1.99. The molecule has 0 radical (unpaired) electrons. The molecule has 0 aromatic carbocycles. The Bertz CT molecular complexity index is 400. The Morgan fingerprint density at radius 3 is 2.20 bits per heavy atom. The fourth-order valence-corrected chi connectivity index (χ4v) is 1.99. The van der Waals surface area contributed by atoms with Crippen LogP contribution in [0.2, 0.25) is 0 Å². The molecule has 1 fully saturated rings. The molecular weight excluding hydrogens is 277 g/mol. The van der Waals surface area contributed by atoms with Gasteiger partial charge < -0.3 is 15.3 Å². The Labute approximate surface area is 115 Å². The van der Waals surface area contributed by atoms with Gasteiger partial charge in [-0.1, -0.05) is 13.8 Å². The number of carboxylic acids is 1. The molecule has 2 amide bonds. The molecule has 0 saturated carbocycles. The number of hydrogen-bond donors (Lipinski definition) is 2. The van der Waals surface area contributed by atoms with Crippen molar-refractivity contribution in [3.8, 4) is 0 Å². The van der Waals surface area contributed by atoms with Crippen molar-refractivity contribution < 1.29 is 27.9 Å². The number of halogens is 3. The van der Waals surface area contributed by atoms with Crippen LogP contribution in [0.4, 0.5) is 18.0 Å². The molecule has 3 atom stereocenters. The van der Waals surface area contributed by atoms with Crippen molar-refractivity contribution in [2.24, 2.45) is 11.8 Å². The molecule has 0 aromatic rings. The van der Waals surface area contributed by atoms with Gasteiger partial charge in [-0.15, -0.1) is 0 Å². The van der Waals surface area contributed by atoms with Crippen LogP contribution in [-0.2, 0) is 4.79 Å². The molecule has 8 heteroatoms. The number of carbonyl (C=O) groups is 2. The van der Waals surface area contributed by atoms with Gasteiger partial charge in [0, 0.05) is 13.1 Å². The normalized spacial score (nSPS) is 26.8. The minimum Gasteiger partial charge on any atom is -0.479 e. The predicted molar refractivity (Wildman–Crippen MR) is 65.1 cm³/mol. The molecule has 2 N–H and O–H groups in total. The molecule has 3 unspecified atom stereocenters. The van der Waals surface area contributed by atoms with Crippen LogP contribution < -0.4 is 5.32 Å². The first-order valence-electron chi connectivity index (χ1n) is 6.36. The second-order valence-corrected chi connectivity index (χ2v) is 5.55. The first-order valence-corrected chi connectivity index (χ1v) is 6.36. The highest BCUT2D eigenvalue weighted by atomic mass is 19.4. The van der Waals surface area contributed by atoms with E-state index in [4.69, 9.17) is 5.11 Å². The van der Waals surface area contributed by atoms with Gasteiger partial charge in [0.25, 0.3) is 0 Å². The molecular formula is C12H19F3N2O3. The van der Waals surface area contributed by atoms with Crippen LogP contribution >= 0.6 is 0 Å². The molecule has 20 heavy (non-hydrogen) atoms. The van der Waals surface area contributed by atoms with Crippen molar-refractivity contribution in [2.75, 3.05) is 13.1 Å². The molecule has 1 saturated heterocycles. The maximum absolute atomic E-state index is 12.8. The Kier molecular flexibility index (Phi) is 4.55. The van der Waals surface area contributed by atoms with Gasteiger partial charge in [0.2, 0.25) is 5.54 Å². The first-order chi connectivity index (χ1) is 8.99. The summed E-state index contributed by atoms with van der Waals surface area (Å²) >= 11 is 0. The van der Waals surface area contributed by atoms with Gasteiger partial charge >= 0.3 is 18.2 Å². The topological polar surface area (TPSA) is 69.6 Å². The van der Waals surface area contributed by atoms with Gasteiger partial charge in [0.1, 0.15) is 0 Å². The van der Waals surface area contributed by atoms with Crippen molar-refractivity contribution in [3.63, 3.8) is 0 Å². The second kappa shape index (κ2) is 5.49. The lowest BCUT2D eigenvalue weighted by molar-refractivity contribution is -0.203. The molecule has 1 aliphatic heterocycles. The molecule has 0 bridgehead atoms. The average molecular weight is 296 g/mol. The second-order valence-electron chi connectivity index (χ2n) is 5.55. The van der Waals surface area contributed by atoms with E-state index in [0.29, 0.717) is 32.4 Å². The summed E-state index contributed by atoms with van der Waals surface area (Å²) in [5.41, 5.74) is -3.28. The molecule has 1 heterocycles. The lowest BCUT2D eigenvalue weighted by atomic mass is 9.89. The smallest absolute Gasteiger partial charge is 0.422 e. The summed E-state index contributed by atoms with van der Waals surface area (Å²) in [5.74, 6) is -1.58. The summed E-state index contributed by atoms with van der Waals surface area (Å²) in [6.07, 6.45) is -4.38. The molecule has 1 rings (SSSR count). The monoisotopic (exact) mass is 296 g/mol. The zero-order valence-electron chi connectivity index (χ0n) is 11.6. The summed E-state index contributed by atoms with van der Waals surface area (Å²) in [6, 6.07) is -0.994. The first kappa shape index (κ1) is 16.6. The zero-order chi connectivity index (χ0) is 15.7. The predicted octanol–water partition coefficient (Wildman–Crippen LogP) is 2.08. The van der Waals surface area contributed by atoms with Gasteiger partial charge in [-0.25, -0.2) is 9.59 Å². The summed E-state index contributed by atoms with van der Waals surface area (Å²) in [5, 5.41) is 10.4. The highest BCUT2D eigenvalue weighted by Gasteiger charge is 2.59. The van der Waals surface area contributed by atoms with Crippen LogP contribution in [0, 0.1) is 11.8 Å². The van der Waals surface area contributed by atoms with E-state index in [1.807, 2.05) is 13.8 Å².